The number of anilines is 1. The summed E-state index contributed by atoms with van der Waals surface area (Å²) in [5.41, 5.74) is 1.77. The number of halogens is 2. The molecule has 2 rings (SSSR count). The summed E-state index contributed by atoms with van der Waals surface area (Å²) >= 11 is 3.37. The zero-order chi connectivity index (χ0) is 15.2. The largest absolute Gasteiger partial charge is 0.493 e. The third-order valence-corrected chi connectivity index (χ3v) is 3.38. The highest BCUT2D eigenvalue weighted by molar-refractivity contribution is 9.10. The van der Waals surface area contributed by atoms with Crippen LogP contribution in [0.1, 0.15) is 12.0 Å². The van der Waals surface area contributed by atoms with E-state index in [1.807, 2.05) is 25.1 Å². The third kappa shape index (κ3) is 4.86. The Bertz CT molecular complexity index is 629. The van der Waals surface area contributed by atoms with E-state index in [9.17, 15) is 9.18 Å². The molecule has 0 fully saturated rings. The Labute approximate surface area is 131 Å². The quantitative estimate of drug-likeness (QED) is 0.871. The van der Waals surface area contributed by atoms with Crippen molar-refractivity contribution in [3.8, 4) is 5.75 Å². The zero-order valence-corrected chi connectivity index (χ0v) is 13.1. The average Bonchev–Trinajstić information content (AvgIpc) is 2.45. The van der Waals surface area contributed by atoms with E-state index in [0.717, 1.165) is 15.7 Å². The SMILES string of the molecule is Cc1ccc(Br)cc1NC(=O)CCOc1ccc(F)cc1. The van der Waals surface area contributed by atoms with Crippen molar-refractivity contribution in [2.24, 2.45) is 0 Å². The molecule has 0 aliphatic heterocycles. The average molecular weight is 352 g/mol. The van der Waals surface area contributed by atoms with Crippen molar-refractivity contribution >= 4 is 27.5 Å². The highest BCUT2D eigenvalue weighted by atomic mass is 79.9. The van der Waals surface area contributed by atoms with Crippen LogP contribution in [0.15, 0.2) is 46.9 Å². The van der Waals surface area contributed by atoms with E-state index in [1.165, 1.54) is 24.3 Å². The van der Waals surface area contributed by atoms with Gasteiger partial charge in [0, 0.05) is 10.2 Å². The second kappa shape index (κ2) is 7.22. The molecule has 0 aliphatic carbocycles. The summed E-state index contributed by atoms with van der Waals surface area (Å²) in [6.45, 7) is 2.17. The van der Waals surface area contributed by atoms with Crippen molar-refractivity contribution in [3.05, 3.63) is 58.3 Å². The summed E-state index contributed by atoms with van der Waals surface area (Å²) in [7, 11) is 0. The molecule has 1 amide bonds. The summed E-state index contributed by atoms with van der Waals surface area (Å²) < 4.78 is 19.0. The molecule has 110 valence electrons. The van der Waals surface area contributed by atoms with Gasteiger partial charge in [-0.05, 0) is 48.9 Å². The Kier molecular flexibility index (Phi) is 5.33. The van der Waals surface area contributed by atoms with Crippen LogP contribution in [0.5, 0.6) is 5.75 Å². The monoisotopic (exact) mass is 351 g/mol. The Morgan fingerprint density at radius 1 is 1.24 bits per heavy atom. The lowest BCUT2D eigenvalue weighted by molar-refractivity contribution is -0.116. The fourth-order valence-corrected chi connectivity index (χ4v) is 2.10. The van der Waals surface area contributed by atoms with Gasteiger partial charge in [-0.3, -0.25) is 4.79 Å². The lowest BCUT2D eigenvalue weighted by atomic mass is 10.2. The van der Waals surface area contributed by atoms with Gasteiger partial charge in [-0.2, -0.15) is 0 Å². The standard InChI is InChI=1S/C16H15BrFNO2/c1-11-2-3-12(17)10-15(11)19-16(20)8-9-21-14-6-4-13(18)5-7-14/h2-7,10H,8-9H2,1H3,(H,19,20). The maximum atomic E-state index is 12.7. The molecule has 0 aromatic heterocycles. The molecule has 0 aliphatic rings. The normalized spacial score (nSPS) is 10.2. The van der Waals surface area contributed by atoms with Crippen molar-refractivity contribution in [1.82, 2.24) is 0 Å². The van der Waals surface area contributed by atoms with Gasteiger partial charge in [0.05, 0.1) is 13.0 Å². The molecule has 0 atom stereocenters. The molecule has 3 nitrogen and oxygen atoms in total. The lowest BCUT2D eigenvalue weighted by Gasteiger charge is -2.09. The molecule has 2 aromatic rings. The van der Waals surface area contributed by atoms with E-state index in [0.29, 0.717) is 5.75 Å². The molecule has 0 heterocycles. The molecular weight excluding hydrogens is 337 g/mol. The zero-order valence-electron chi connectivity index (χ0n) is 11.5. The predicted octanol–water partition coefficient (Wildman–Crippen LogP) is 4.30. The molecule has 0 saturated heterocycles. The lowest BCUT2D eigenvalue weighted by Crippen LogP contribution is -2.15. The summed E-state index contributed by atoms with van der Waals surface area (Å²) in [6, 6.07) is 11.4. The van der Waals surface area contributed by atoms with E-state index in [-0.39, 0.29) is 24.8 Å². The van der Waals surface area contributed by atoms with Crippen molar-refractivity contribution in [3.63, 3.8) is 0 Å². The first-order chi connectivity index (χ1) is 10.0. The van der Waals surface area contributed by atoms with Crippen LogP contribution in [0.4, 0.5) is 10.1 Å². The van der Waals surface area contributed by atoms with Crippen molar-refractivity contribution in [2.45, 2.75) is 13.3 Å². The van der Waals surface area contributed by atoms with E-state index >= 15 is 0 Å². The Hall–Kier alpha value is -1.88. The highest BCUT2D eigenvalue weighted by Gasteiger charge is 2.06. The topological polar surface area (TPSA) is 38.3 Å². The fourth-order valence-electron chi connectivity index (χ4n) is 1.73. The molecule has 0 radical (unpaired) electrons. The molecule has 0 bridgehead atoms. The summed E-state index contributed by atoms with van der Waals surface area (Å²) in [5.74, 6) is 0.103. The van der Waals surface area contributed by atoms with Gasteiger partial charge in [0.25, 0.3) is 0 Å². The van der Waals surface area contributed by atoms with Crippen molar-refractivity contribution in [1.29, 1.82) is 0 Å². The molecule has 0 unspecified atom stereocenters. The predicted molar refractivity (Wildman–Crippen MR) is 84.0 cm³/mol. The van der Waals surface area contributed by atoms with Crippen LogP contribution in [-0.2, 0) is 4.79 Å². The van der Waals surface area contributed by atoms with Crippen LogP contribution >= 0.6 is 15.9 Å². The summed E-state index contributed by atoms with van der Waals surface area (Å²) in [4.78, 5) is 11.9. The minimum absolute atomic E-state index is 0.127. The van der Waals surface area contributed by atoms with Gasteiger partial charge >= 0.3 is 0 Å². The number of aryl methyl sites for hydroxylation is 1. The second-order valence-corrected chi connectivity index (χ2v) is 5.48. The van der Waals surface area contributed by atoms with Gasteiger partial charge in [-0.1, -0.05) is 22.0 Å². The molecule has 1 N–H and O–H groups in total. The first-order valence-corrected chi connectivity index (χ1v) is 7.28. The van der Waals surface area contributed by atoms with Crippen molar-refractivity contribution < 1.29 is 13.9 Å². The van der Waals surface area contributed by atoms with E-state index in [2.05, 4.69) is 21.2 Å². The van der Waals surface area contributed by atoms with Gasteiger partial charge in [0.15, 0.2) is 0 Å². The Morgan fingerprint density at radius 3 is 2.67 bits per heavy atom. The van der Waals surface area contributed by atoms with Crippen LogP contribution in [0.2, 0.25) is 0 Å². The second-order valence-electron chi connectivity index (χ2n) is 4.56. The number of amides is 1. The van der Waals surface area contributed by atoms with Crippen LogP contribution in [0, 0.1) is 12.7 Å². The van der Waals surface area contributed by atoms with E-state index < -0.39 is 0 Å². The van der Waals surface area contributed by atoms with Gasteiger partial charge in [-0.25, -0.2) is 4.39 Å². The van der Waals surface area contributed by atoms with Gasteiger partial charge in [0.1, 0.15) is 11.6 Å². The number of rotatable bonds is 5. The summed E-state index contributed by atoms with van der Waals surface area (Å²) in [5, 5.41) is 2.84. The smallest absolute Gasteiger partial charge is 0.227 e. The van der Waals surface area contributed by atoms with Gasteiger partial charge in [-0.15, -0.1) is 0 Å². The first kappa shape index (κ1) is 15.5. The number of hydrogen-bond acceptors (Lipinski definition) is 2. The number of nitrogens with one attached hydrogen (secondary N) is 1. The van der Waals surface area contributed by atoms with E-state index in [1.54, 1.807) is 0 Å². The van der Waals surface area contributed by atoms with Crippen LogP contribution in [0.25, 0.3) is 0 Å². The van der Waals surface area contributed by atoms with Crippen molar-refractivity contribution in [2.75, 3.05) is 11.9 Å². The number of carbonyl (C=O) groups excluding carboxylic acids is 1. The number of ether oxygens (including phenoxy) is 1. The first-order valence-electron chi connectivity index (χ1n) is 6.49. The minimum atomic E-state index is -0.315. The Morgan fingerprint density at radius 2 is 1.95 bits per heavy atom. The fraction of sp³-hybridized carbons (Fsp3) is 0.188. The third-order valence-electron chi connectivity index (χ3n) is 2.89. The van der Waals surface area contributed by atoms with Crippen LogP contribution in [0.3, 0.4) is 0 Å². The van der Waals surface area contributed by atoms with Gasteiger partial charge < -0.3 is 10.1 Å². The molecule has 21 heavy (non-hydrogen) atoms. The van der Waals surface area contributed by atoms with Gasteiger partial charge in [0.2, 0.25) is 5.91 Å². The molecule has 2 aromatic carbocycles. The molecule has 0 spiro atoms. The summed E-state index contributed by atoms with van der Waals surface area (Å²) in [6.07, 6.45) is 0.226. The maximum absolute atomic E-state index is 12.7. The maximum Gasteiger partial charge on any atom is 0.227 e. The number of benzene rings is 2. The van der Waals surface area contributed by atoms with Crippen LogP contribution in [-0.4, -0.2) is 12.5 Å². The number of hydrogen-bond donors (Lipinski definition) is 1. The molecular formula is C16H15BrFNO2. The van der Waals surface area contributed by atoms with Crippen LogP contribution < -0.4 is 10.1 Å². The molecule has 0 saturated carbocycles. The van der Waals surface area contributed by atoms with E-state index in [4.69, 9.17) is 4.74 Å². The highest BCUT2D eigenvalue weighted by Crippen LogP contribution is 2.20. The minimum Gasteiger partial charge on any atom is -0.493 e. The number of carbonyl (C=O) groups is 1. The molecule has 5 heteroatoms. The Balaban J connectivity index is 1.82.